The highest BCUT2D eigenvalue weighted by atomic mass is 127. The van der Waals surface area contributed by atoms with E-state index in [1.807, 2.05) is 11.8 Å². The molecule has 0 bridgehead atoms. The van der Waals surface area contributed by atoms with Gasteiger partial charge in [0.1, 0.15) is 6.54 Å². The van der Waals surface area contributed by atoms with E-state index in [-0.39, 0.29) is 24.0 Å². The van der Waals surface area contributed by atoms with Gasteiger partial charge < -0.3 is 24.0 Å². The second kappa shape index (κ2) is 6.45. The van der Waals surface area contributed by atoms with Crippen LogP contribution in [0.3, 0.4) is 0 Å². The van der Waals surface area contributed by atoms with Gasteiger partial charge in [0.15, 0.2) is 0 Å². The average molecular weight is 345 g/mol. The smallest absolute Gasteiger partial charge is 0.240 e. The molecule has 1 aromatic carbocycles. The fourth-order valence-electron chi connectivity index (χ4n) is 1.84. The second-order valence-electron chi connectivity index (χ2n) is 3.41. The molecule has 86 valence electrons. The van der Waals surface area contributed by atoms with E-state index in [0.717, 1.165) is 12.3 Å². The van der Waals surface area contributed by atoms with Gasteiger partial charge in [-0.2, -0.15) is 4.57 Å². The van der Waals surface area contributed by atoms with Gasteiger partial charge in [0.25, 0.3) is 0 Å². The first-order chi connectivity index (χ1) is 7.36. The number of fused-ring (bicyclic) bond motifs is 1. The van der Waals surface area contributed by atoms with Crippen LogP contribution in [0.1, 0.15) is 13.8 Å². The molecule has 0 N–H and O–H groups in total. The lowest BCUT2D eigenvalue weighted by molar-refractivity contribution is -0.704. The molecule has 0 unspecified atom stereocenters. The molecule has 1 heterocycles. The minimum atomic E-state index is 0. The van der Waals surface area contributed by atoms with Crippen molar-refractivity contribution in [2.45, 2.75) is 25.4 Å². The first kappa shape index (κ1) is 13.8. The maximum absolute atomic E-state index is 2.38. The van der Waals surface area contributed by atoms with Crippen molar-refractivity contribution in [3.05, 3.63) is 36.4 Å². The Morgan fingerprint density at radius 1 is 1.06 bits per heavy atom. The van der Waals surface area contributed by atoms with Crippen molar-refractivity contribution in [3.8, 4) is 0 Å². The highest BCUT2D eigenvalue weighted by Gasteiger charge is 2.12. The number of aromatic nitrogens is 1. The third kappa shape index (κ3) is 2.69. The lowest BCUT2D eigenvalue weighted by Crippen LogP contribution is -3.00. The number of pyridine rings is 1. The molecule has 0 aliphatic rings. The van der Waals surface area contributed by atoms with Crippen molar-refractivity contribution in [3.63, 3.8) is 0 Å². The topological polar surface area (TPSA) is 3.88 Å². The van der Waals surface area contributed by atoms with Crippen molar-refractivity contribution in [2.24, 2.45) is 0 Å². The summed E-state index contributed by atoms with van der Waals surface area (Å²) in [5, 5.41) is 2.68. The van der Waals surface area contributed by atoms with Crippen LogP contribution in [-0.4, -0.2) is 5.75 Å². The first-order valence-corrected chi connectivity index (χ1v) is 6.39. The van der Waals surface area contributed by atoms with Gasteiger partial charge in [-0.05, 0) is 19.1 Å². The van der Waals surface area contributed by atoms with E-state index >= 15 is 0 Å². The highest BCUT2D eigenvalue weighted by Crippen LogP contribution is 2.17. The maximum atomic E-state index is 2.38. The predicted octanol–water partition coefficient (Wildman–Crippen LogP) is 0.263. The number of hydrogen-bond acceptors (Lipinski definition) is 1. The number of aryl methyl sites for hydroxylation is 1. The molecule has 0 amide bonds. The van der Waals surface area contributed by atoms with Gasteiger partial charge in [0.2, 0.25) is 10.5 Å². The Hall–Kier alpha value is -0.290. The molecule has 16 heavy (non-hydrogen) atoms. The molecule has 0 saturated carbocycles. The summed E-state index contributed by atoms with van der Waals surface area (Å²) in [6.07, 6.45) is 0. The van der Waals surface area contributed by atoms with E-state index in [4.69, 9.17) is 0 Å². The third-order valence-electron chi connectivity index (χ3n) is 2.51. The standard InChI is InChI=1S/C13H16NS.HI/c1-3-14-12-8-6-5-7-11(12)9-10-13(14)15-4-2;/h5-10H,3-4H2,1-2H3;1H/q+1;/p-1. The summed E-state index contributed by atoms with van der Waals surface area (Å²) in [7, 11) is 0. The van der Waals surface area contributed by atoms with Gasteiger partial charge in [0, 0.05) is 23.3 Å². The lowest BCUT2D eigenvalue weighted by atomic mass is 10.2. The molecule has 0 fully saturated rings. The fraction of sp³-hybridized carbons (Fsp3) is 0.308. The normalized spacial score (nSPS) is 10.1. The Balaban J connectivity index is 0.00000128. The zero-order valence-corrected chi connectivity index (χ0v) is 12.6. The summed E-state index contributed by atoms with van der Waals surface area (Å²) in [5.41, 5.74) is 1.33. The summed E-state index contributed by atoms with van der Waals surface area (Å²) in [6, 6.07) is 13.0. The molecule has 0 radical (unpaired) electrons. The van der Waals surface area contributed by atoms with Crippen molar-refractivity contribution in [1.82, 2.24) is 0 Å². The molecule has 0 aliphatic carbocycles. The Bertz CT molecular complexity index is 470. The van der Waals surface area contributed by atoms with Crippen LogP contribution in [0.15, 0.2) is 41.4 Å². The Kier molecular flexibility index (Phi) is 5.55. The minimum Gasteiger partial charge on any atom is -1.00 e. The van der Waals surface area contributed by atoms with Crippen molar-refractivity contribution < 1.29 is 28.5 Å². The fourth-order valence-corrected chi connectivity index (χ4v) is 2.69. The summed E-state index contributed by atoms with van der Waals surface area (Å²) in [4.78, 5) is 0. The molecule has 1 aromatic heterocycles. The van der Waals surface area contributed by atoms with E-state index in [1.165, 1.54) is 15.9 Å². The first-order valence-electron chi connectivity index (χ1n) is 5.41. The largest absolute Gasteiger partial charge is 1.00 e. The van der Waals surface area contributed by atoms with Gasteiger partial charge in [-0.25, -0.2) is 0 Å². The van der Waals surface area contributed by atoms with E-state index < -0.39 is 0 Å². The van der Waals surface area contributed by atoms with Gasteiger partial charge in [0.05, 0.1) is 0 Å². The van der Waals surface area contributed by atoms with Crippen LogP contribution in [0.25, 0.3) is 10.9 Å². The van der Waals surface area contributed by atoms with Crippen molar-refractivity contribution in [2.75, 3.05) is 5.75 Å². The Morgan fingerprint density at radius 3 is 2.50 bits per heavy atom. The van der Waals surface area contributed by atoms with Crippen LogP contribution < -0.4 is 28.5 Å². The van der Waals surface area contributed by atoms with Crippen molar-refractivity contribution in [1.29, 1.82) is 0 Å². The number of nitrogens with zero attached hydrogens (tertiary/aromatic N) is 1. The number of halogens is 1. The van der Waals surface area contributed by atoms with Crippen LogP contribution in [-0.2, 0) is 6.54 Å². The molecule has 0 aliphatic heterocycles. The summed E-state index contributed by atoms with van der Waals surface area (Å²) in [6.45, 7) is 5.43. The average Bonchev–Trinajstić information content (AvgIpc) is 2.29. The van der Waals surface area contributed by atoms with Crippen LogP contribution in [0, 0.1) is 0 Å². The molecular formula is C13H16INS. The monoisotopic (exact) mass is 345 g/mol. The summed E-state index contributed by atoms with van der Waals surface area (Å²) >= 11 is 1.90. The molecular weight excluding hydrogens is 329 g/mol. The van der Waals surface area contributed by atoms with Crippen molar-refractivity contribution >= 4 is 22.7 Å². The zero-order valence-electron chi connectivity index (χ0n) is 9.61. The Labute approximate surface area is 118 Å². The molecule has 2 aromatic rings. The van der Waals surface area contributed by atoms with Gasteiger partial charge in [-0.3, -0.25) is 0 Å². The van der Waals surface area contributed by atoms with Gasteiger partial charge in [-0.15, -0.1) is 0 Å². The Morgan fingerprint density at radius 2 is 1.81 bits per heavy atom. The number of thioether (sulfide) groups is 1. The van der Waals surface area contributed by atoms with Gasteiger partial charge in [-0.1, -0.05) is 30.8 Å². The highest BCUT2D eigenvalue weighted by molar-refractivity contribution is 7.99. The zero-order chi connectivity index (χ0) is 10.7. The molecule has 1 nitrogen and oxygen atoms in total. The molecule has 2 rings (SSSR count). The minimum absolute atomic E-state index is 0. The molecule has 0 saturated heterocycles. The molecule has 3 heteroatoms. The quantitative estimate of drug-likeness (QED) is 0.439. The van der Waals surface area contributed by atoms with E-state index in [0.29, 0.717) is 0 Å². The van der Waals surface area contributed by atoms with Gasteiger partial charge >= 0.3 is 0 Å². The molecule has 0 spiro atoms. The van der Waals surface area contributed by atoms with E-state index in [1.54, 1.807) is 0 Å². The summed E-state index contributed by atoms with van der Waals surface area (Å²) in [5.74, 6) is 1.12. The van der Waals surface area contributed by atoms with Crippen LogP contribution in [0.2, 0.25) is 0 Å². The van der Waals surface area contributed by atoms with Crippen LogP contribution in [0.4, 0.5) is 0 Å². The second-order valence-corrected chi connectivity index (χ2v) is 4.69. The maximum Gasteiger partial charge on any atom is 0.240 e. The number of rotatable bonds is 3. The third-order valence-corrected chi connectivity index (χ3v) is 3.45. The van der Waals surface area contributed by atoms with E-state index in [2.05, 4.69) is 54.8 Å². The predicted molar refractivity (Wildman–Crippen MR) is 66.2 cm³/mol. The van der Waals surface area contributed by atoms with E-state index in [9.17, 15) is 0 Å². The number of para-hydroxylation sites is 1. The summed E-state index contributed by atoms with van der Waals surface area (Å²) < 4.78 is 2.38. The lowest BCUT2D eigenvalue weighted by Gasteiger charge is -2.03. The SMILES string of the molecule is CCSc1ccc2ccccc2[n+]1CC.[I-]. The number of hydrogen-bond donors (Lipinski definition) is 0. The number of benzene rings is 1. The molecule has 0 atom stereocenters. The van der Waals surface area contributed by atoms with Crippen LogP contribution in [0.5, 0.6) is 0 Å². The van der Waals surface area contributed by atoms with Crippen LogP contribution >= 0.6 is 11.8 Å².